The van der Waals surface area contributed by atoms with E-state index in [2.05, 4.69) is 47.3 Å². The normalized spacial score (nSPS) is 36.4. The molecular formula is C34H52O5. The Morgan fingerprint density at radius 1 is 1.08 bits per heavy atom. The van der Waals surface area contributed by atoms with Crippen LogP contribution in [0.2, 0.25) is 0 Å². The maximum Gasteiger partial charge on any atom is 0.508 e. The molecule has 0 spiro atoms. The molecule has 0 N–H and O–H groups in total. The van der Waals surface area contributed by atoms with E-state index in [1.165, 1.54) is 69.3 Å². The lowest BCUT2D eigenvalue weighted by Gasteiger charge is -2.58. The molecule has 5 heteroatoms. The molecule has 4 rings (SSSR count). The number of carbonyl (C=O) groups excluding carboxylic acids is 2. The molecule has 3 saturated carbocycles. The van der Waals surface area contributed by atoms with E-state index in [1.807, 2.05) is 0 Å². The second kappa shape index (κ2) is 12.6. The first-order chi connectivity index (χ1) is 18.6. The summed E-state index contributed by atoms with van der Waals surface area (Å²) in [6.07, 6.45) is 19.1. The van der Waals surface area contributed by atoms with Crippen molar-refractivity contribution in [3.63, 3.8) is 0 Å². The average Bonchev–Trinajstić information content (AvgIpc) is 3.25. The molecule has 5 unspecified atom stereocenters. The fourth-order valence-corrected chi connectivity index (χ4v) is 9.24. The molecule has 0 amide bonds. The summed E-state index contributed by atoms with van der Waals surface area (Å²) in [7, 11) is 0. The lowest BCUT2D eigenvalue weighted by molar-refractivity contribution is -0.132. The second-order valence-electron chi connectivity index (χ2n) is 13.8. The van der Waals surface area contributed by atoms with Gasteiger partial charge >= 0.3 is 12.1 Å². The van der Waals surface area contributed by atoms with Crippen LogP contribution in [0.15, 0.2) is 36.6 Å². The first-order valence-electron chi connectivity index (χ1n) is 15.6. The van der Waals surface area contributed by atoms with Crippen LogP contribution in [0, 0.1) is 46.3 Å². The zero-order valence-electron chi connectivity index (χ0n) is 25.1. The molecule has 0 aromatic heterocycles. The fourth-order valence-electron chi connectivity index (χ4n) is 9.24. The summed E-state index contributed by atoms with van der Waals surface area (Å²) in [5.74, 6) is 4.39. The summed E-state index contributed by atoms with van der Waals surface area (Å²) >= 11 is 0. The quantitative estimate of drug-likeness (QED) is 0.120. The van der Waals surface area contributed by atoms with Crippen LogP contribution in [0.25, 0.3) is 0 Å². The van der Waals surface area contributed by atoms with Crippen molar-refractivity contribution >= 4 is 12.1 Å². The highest BCUT2D eigenvalue weighted by Crippen LogP contribution is 2.67. The predicted octanol–water partition coefficient (Wildman–Crippen LogP) is 8.79. The van der Waals surface area contributed by atoms with Gasteiger partial charge in [-0.3, -0.25) is 0 Å². The summed E-state index contributed by atoms with van der Waals surface area (Å²) < 4.78 is 15.6. The maximum absolute atomic E-state index is 12.3. The van der Waals surface area contributed by atoms with Gasteiger partial charge in [-0.2, -0.15) is 0 Å². The highest BCUT2D eigenvalue weighted by Gasteiger charge is 2.59. The van der Waals surface area contributed by atoms with Gasteiger partial charge in [0.2, 0.25) is 0 Å². The number of ether oxygens (including phenoxy) is 3. The highest BCUT2D eigenvalue weighted by molar-refractivity contribution is 5.81. The van der Waals surface area contributed by atoms with Crippen molar-refractivity contribution in [3.8, 4) is 0 Å². The van der Waals surface area contributed by atoms with Crippen LogP contribution >= 0.6 is 0 Å². The molecule has 39 heavy (non-hydrogen) atoms. The first-order valence-corrected chi connectivity index (χ1v) is 15.6. The van der Waals surface area contributed by atoms with Gasteiger partial charge in [-0.25, -0.2) is 9.59 Å². The van der Waals surface area contributed by atoms with Gasteiger partial charge in [0.25, 0.3) is 0 Å². The van der Waals surface area contributed by atoms with Gasteiger partial charge in [-0.1, -0.05) is 72.1 Å². The van der Waals surface area contributed by atoms with E-state index in [-0.39, 0.29) is 18.1 Å². The molecule has 4 aliphatic carbocycles. The van der Waals surface area contributed by atoms with Crippen LogP contribution in [0.5, 0.6) is 0 Å². The number of esters is 1. The minimum absolute atomic E-state index is 0.00235. The molecule has 0 heterocycles. The monoisotopic (exact) mass is 540 g/mol. The summed E-state index contributed by atoms with van der Waals surface area (Å²) in [6.45, 7) is 15.7. The Kier molecular flexibility index (Phi) is 9.70. The Balaban J connectivity index is 1.32. The molecule has 3 fully saturated rings. The minimum atomic E-state index is -0.662. The Hall–Kier alpha value is -2.04. The van der Waals surface area contributed by atoms with Crippen LogP contribution in [-0.4, -0.2) is 24.8 Å². The molecule has 5 nitrogen and oxygen atoms in total. The predicted molar refractivity (Wildman–Crippen MR) is 155 cm³/mol. The topological polar surface area (TPSA) is 61.8 Å². The van der Waals surface area contributed by atoms with Gasteiger partial charge in [-0.15, -0.1) is 0 Å². The van der Waals surface area contributed by atoms with Crippen LogP contribution in [0.3, 0.4) is 0 Å². The lowest BCUT2D eigenvalue weighted by Crippen LogP contribution is -2.51. The summed E-state index contributed by atoms with van der Waals surface area (Å²) in [5, 5.41) is 0. The number of hydrogen-bond donors (Lipinski definition) is 0. The number of allylic oxidation sites excluding steroid dienone is 1. The molecule has 0 radical (unpaired) electrons. The smallest absolute Gasteiger partial charge is 0.432 e. The molecule has 0 saturated heterocycles. The van der Waals surface area contributed by atoms with Crippen LogP contribution in [0.4, 0.5) is 4.79 Å². The van der Waals surface area contributed by atoms with Gasteiger partial charge in [-0.05, 0) is 97.4 Å². The zero-order valence-corrected chi connectivity index (χ0v) is 25.1. The Labute approximate surface area is 236 Å². The van der Waals surface area contributed by atoms with Gasteiger partial charge in [0, 0.05) is 12.5 Å². The zero-order chi connectivity index (χ0) is 28.2. The maximum atomic E-state index is 12.3. The number of carbonyl (C=O) groups is 2. The van der Waals surface area contributed by atoms with Crippen LogP contribution in [0.1, 0.15) is 105 Å². The SMILES string of the molecule is C=CC(=O)O/C=C/COC(=O)O[C@H]1CC[C@@]2(C)C(=CCC3C4CCC(C(C)CCCC(C)C)[C@@]4(C)CCC32)C1. The minimum Gasteiger partial charge on any atom is -0.432 e. The van der Waals surface area contributed by atoms with Gasteiger partial charge < -0.3 is 14.2 Å². The fraction of sp³-hybridized carbons (Fsp3) is 0.765. The third kappa shape index (κ3) is 6.49. The summed E-state index contributed by atoms with van der Waals surface area (Å²) in [4.78, 5) is 23.3. The second-order valence-corrected chi connectivity index (χ2v) is 13.8. The van der Waals surface area contributed by atoms with E-state index < -0.39 is 12.1 Å². The van der Waals surface area contributed by atoms with Crippen molar-refractivity contribution in [2.24, 2.45) is 46.3 Å². The molecule has 0 aliphatic heterocycles. The van der Waals surface area contributed by atoms with E-state index in [1.54, 1.807) is 0 Å². The van der Waals surface area contributed by atoms with Crippen molar-refractivity contribution in [2.75, 3.05) is 6.61 Å². The largest absolute Gasteiger partial charge is 0.508 e. The number of hydrogen-bond acceptors (Lipinski definition) is 5. The van der Waals surface area contributed by atoms with E-state index in [9.17, 15) is 9.59 Å². The summed E-state index contributed by atoms with van der Waals surface area (Å²) in [5.41, 5.74) is 2.24. The van der Waals surface area contributed by atoms with Crippen molar-refractivity contribution in [3.05, 3.63) is 36.6 Å². The van der Waals surface area contributed by atoms with Crippen LogP contribution < -0.4 is 0 Å². The van der Waals surface area contributed by atoms with Gasteiger partial charge in [0.15, 0.2) is 0 Å². The Morgan fingerprint density at radius 3 is 2.62 bits per heavy atom. The number of rotatable bonds is 10. The average molecular weight is 541 g/mol. The Morgan fingerprint density at radius 2 is 1.87 bits per heavy atom. The third-order valence-electron chi connectivity index (χ3n) is 11.3. The van der Waals surface area contributed by atoms with Crippen LogP contribution in [-0.2, 0) is 19.0 Å². The molecule has 8 atom stereocenters. The van der Waals surface area contributed by atoms with E-state index in [0.29, 0.717) is 5.41 Å². The van der Waals surface area contributed by atoms with Crippen molar-refractivity contribution in [1.82, 2.24) is 0 Å². The van der Waals surface area contributed by atoms with Gasteiger partial charge in [0.1, 0.15) is 12.7 Å². The molecule has 0 aromatic rings. The van der Waals surface area contributed by atoms with Crippen molar-refractivity contribution in [1.29, 1.82) is 0 Å². The van der Waals surface area contributed by atoms with Crippen molar-refractivity contribution < 1.29 is 23.8 Å². The van der Waals surface area contributed by atoms with E-state index in [4.69, 9.17) is 14.2 Å². The molecule has 218 valence electrons. The molecular weight excluding hydrogens is 488 g/mol. The van der Waals surface area contributed by atoms with Gasteiger partial charge in [0.05, 0.1) is 6.26 Å². The van der Waals surface area contributed by atoms with Crippen molar-refractivity contribution in [2.45, 2.75) is 111 Å². The standard InChI is InChI=1S/C34H52O5/c1-7-31(35)37-20-9-21-38-32(36)39-26-16-18-33(5)25(22-26)12-13-27-29-15-14-28(24(4)11-8-10-23(2)3)34(29,6)19-17-30(27)33/h7,9,12,20,23-24,26-30H,1,8,10-11,13-19,21-22H2,2-6H3/b20-9+/t24?,26-,27?,28?,29?,30?,33-,34+/m0/s1. The Bertz CT molecular complexity index is 949. The van der Waals surface area contributed by atoms with E-state index in [0.717, 1.165) is 60.8 Å². The highest BCUT2D eigenvalue weighted by atomic mass is 16.7. The lowest BCUT2D eigenvalue weighted by atomic mass is 9.47. The molecule has 4 aliphatic rings. The number of fused-ring (bicyclic) bond motifs is 5. The molecule has 0 bridgehead atoms. The third-order valence-corrected chi connectivity index (χ3v) is 11.3. The molecule has 0 aromatic carbocycles. The summed E-state index contributed by atoms with van der Waals surface area (Å²) in [6, 6.07) is 0. The van der Waals surface area contributed by atoms with E-state index >= 15 is 0 Å². The first kappa shape index (κ1) is 29.9.